The van der Waals surface area contributed by atoms with Gasteiger partial charge in [-0.25, -0.2) is 18.6 Å². The van der Waals surface area contributed by atoms with E-state index in [1.165, 1.54) is 66.2 Å². The SMILES string of the molecule is COC(=O)c1cnn2cc(O)ccc12.COC(=O)c1cnn2cc(OCCC(F)(F)F)ccc12. The number of hydrogen-bond acceptors (Lipinski definition) is 8. The Morgan fingerprint density at radius 2 is 1.44 bits per heavy atom. The number of pyridine rings is 2. The summed E-state index contributed by atoms with van der Waals surface area (Å²) in [5.41, 5.74) is 1.75. The molecule has 0 aliphatic heterocycles. The predicted octanol–water partition coefficient (Wildman–Crippen LogP) is 3.28. The number of hydrogen-bond donors (Lipinski definition) is 1. The summed E-state index contributed by atoms with van der Waals surface area (Å²) in [4.78, 5) is 22.7. The van der Waals surface area contributed by atoms with Crippen LogP contribution in [0, 0.1) is 0 Å². The fraction of sp³-hybridized carbons (Fsp3) is 0.238. The van der Waals surface area contributed by atoms with Gasteiger partial charge in [0, 0.05) is 0 Å². The van der Waals surface area contributed by atoms with E-state index in [9.17, 15) is 22.8 Å². The third kappa shape index (κ3) is 5.74. The highest BCUT2D eigenvalue weighted by atomic mass is 19.4. The van der Waals surface area contributed by atoms with Crippen LogP contribution >= 0.6 is 0 Å². The molecule has 0 fully saturated rings. The van der Waals surface area contributed by atoms with E-state index in [1.54, 1.807) is 6.07 Å². The van der Waals surface area contributed by atoms with E-state index < -0.39 is 31.1 Å². The highest BCUT2D eigenvalue weighted by Crippen LogP contribution is 2.21. The maximum Gasteiger partial charge on any atom is 0.392 e. The normalized spacial score (nSPS) is 11.1. The molecule has 34 heavy (non-hydrogen) atoms. The van der Waals surface area contributed by atoms with Crippen LogP contribution in [0.15, 0.2) is 49.1 Å². The Morgan fingerprint density at radius 3 is 1.97 bits per heavy atom. The first-order chi connectivity index (χ1) is 16.1. The van der Waals surface area contributed by atoms with E-state index in [-0.39, 0.29) is 17.1 Å². The lowest BCUT2D eigenvalue weighted by Crippen LogP contribution is -2.13. The van der Waals surface area contributed by atoms with Gasteiger partial charge in [-0.15, -0.1) is 0 Å². The summed E-state index contributed by atoms with van der Waals surface area (Å²) >= 11 is 0. The first-order valence-electron chi connectivity index (χ1n) is 9.63. The molecule has 0 aliphatic rings. The lowest BCUT2D eigenvalue weighted by atomic mass is 10.2. The molecule has 0 aliphatic carbocycles. The van der Waals surface area contributed by atoms with Crippen LogP contribution in [0.5, 0.6) is 11.5 Å². The molecule has 0 bridgehead atoms. The summed E-state index contributed by atoms with van der Waals surface area (Å²) in [6, 6.07) is 6.10. The maximum absolute atomic E-state index is 12.0. The molecule has 4 rings (SSSR count). The molecule has 1 N–H and O–H groups in total. The number of rotatable bonds is 5. The van der Waals surface area contributed by atoms with Gasteiger partial charge in [0.2, 0.25) is 0 Å². The van der Waals surface area contributed by atoms with Crippen LogP contribution in [0.2, 0.25) is 0 Å². The van der Waals surface area contributed by atoms with Gasteiger partial charge in [0.25, 0.3) is 0 Å². The van der Waals surface area contributed by atoms with Crippen LogP contribution in [-0.2, 0) is 9.47 Å². The highest BCUT2D eigenvalue weighted by Gasteiger charge is 2.26. The lowest BCUT2D eigenvalue weighted by molar-refractivity contribution is -0.139. The fourth-order valence-corrected chi connectivity index (χ4v) is 2.84. The van der Waals surface area contributed by atoms with Crippen LogP contribution in [-0.4, -0.2) is 63.3 Å². The van der Waals surface area contributed by atoms with E-state index in [1.807, 2.05) is 0 Å². The Balaban J connectivity index is 0.000000202. The summed E-state index contributed by atoms with van der Waals surface area (Å²) in [5.74, 6) is -0.644. The topological polar surface area (TPSA) is 117 Å². The van der Waals surface area contributed by atoms with E-state index in [0.717, 1.165) is 0 Å². The lowest BCUT2D eigenvalue weighted by Gasteiger charge is -2.08. The number of carbonyl (C=O) groups is 2. The number of nitrogens with zero attached hydrogens (tertiary/aromatic N) is 4. The van der Waals surface area contributed by atoms with Crippen molar-refractivity contribution >= 4 is 23.0 Å². The quantitative estimate of drug-likeness (QED) is 0.433. The molecule has 4 heterocycles. The molecule has 0 saturated heterocycles. The monoisotopic (exact) mass is 480 g/mol. The largest absolute Gasteiger partial charge is 0.506 e. The average molecular weight is 480 g/mol. The number of fused-ring (bicyclic) bond motifs is 2. The van der Waals surface area contributed by atoms with Gasteiger partial charge >= 0.3 is 18.1 Å². The van der Waals surface area contributed by atoms with Crippen molar-refractivity contribution < 1.29 is 42.1 Å². The zero-order valence-electron chi connectivity index (χ0n) is 17.9. The van der Waals surface area contributed by atoms with Crippen LogP contribution in [0.4, 0.5) is 13.2 Å². The molecular weight excluding hydrogens is 461 g/mol. The summed E-state index contributed by atoms with van der Waals surface area (Å²) in [7, 11) is 2.56. The van der Waals surface area contributed by atoms with Gasteiger partial charge in [-0.3, -0.25) is 0 Å². The third-order valence-electron chi connectivity index (χ3n) is 4.45. The number of methoxy groups -OCH3 is 2. The number of halogens is 3. The molecule has 0 unspecified atom stereocenters. The van der Waals surface area contributed by atoms with Crippen LogP contribution in [0.1, 0.15) is 27.1 Å². The Kier molecular flexibility index (Phi) is 7.24. The number of ether oxygens (including phenoxy) is 3. The minimum absolute atomic E-state index is 0.0945. The summed E-state index contributed by atoms with van der Waals surface area (Å²) in [5, 5.41) is 17.0. The summed E-state index contributed by atoms with van der Waals surface area (Å²) < 4.78 is 52.9. The van der Waals surface area contributed by atoms with Crippen LogP contribution < -0.4 is 4.74 Å². The van der Waals surface area contributed by atoms with Gasteiger partial charge in [0.05, 0.1) is 63.1 Å². The zero-order valence-corrected chi connectivity index (χ0v) is 17.9. The van der Waals surface area contributed by atoms with E-state index in [0.29, 0.717) is 16.6 Å². The van der Waals surface area contributed by atoms with Crippen molar-refractivity contribution in [2.75, 3.05) is 20.8 Å². The molecular formula is C21H19F3N4O6. The van der Waals surface area contributed by atoms with Gasteiger partial charge in [0.1, 0.15) is 22.6 Å². The van der Waals surface area contributed by atoms with Crippen molar-refractivity contribution in [1.29, 1.82) is 0 Å². The van der Waals surface area contributed by atoms with Crippen molar-refractivity contribution in [1.82, 2.24) is 19.2 Å². The second-order valence-electron chi connectivity index (χ2n) is 6.73. The molecule has 4 aromatic rings. The molecule has 13 heteroatoms. The molecule has 0 radical (unpaired) electrons. The number of aromatic nitrogens is 4. The molecule has 180 valence electrons. The zero-order chi connectivity index (χ0) is 24.9. The van der Waals surface area contributed by atoms with Gasteiger partial charge in [-0.1, -0.05) is 0 Å². The van der Waals surface area contributed by atoms with Gasteiger partial charge in [0.15, 0.2) is 0 Å². The van der Waals surface area contributed by atoms with Gasteiger partial charge in [-0.2, -0.15) is 23.4 Å². The van der Waals surface area contributed by atoms with Crippen molar-refractivity contribution in [3.8, 4) is 11.5 Å². The minimum Gasteiger partial charge on any atom is -0.506 e. The van der Waals surface area contributed by atoms with E-state index in [2.05, 4.69) is 19.7 Å². The Bertz CT molecular complexity index is 1320. The molecule has 10 nitrogen and oxygen atoms in total. The van der Waals surface area contributed by atoms with Crippen LogP contribution in [0.25, 0.3) is 11.0 Å². The first-order valence-corrected chi connectivity index (χ1v) is 9.63. The predicted molar refractivity (Wildman–Crippen MR) is 111 cm³/mol. The van der Waals surface area contributed by atoms with Gasteiger partial charge < -0.3 is 19.3 Å². The molecule has 4 aromatic heterocycles. The molecule has 0 saturated carbocycles. The second-order valence-corrected chi connectivity index (χ2v) is 6.73. The smallest absolute Gasteiger partial charge is 0.392 e. The van der Waals surface area contributed by atoms with E-state index >= 15 is 0 Å². The van der Waals surface area contributed by atoms with Crippen molar-refractivity contribution in [3.63, 3.8) is 0 Å². The summed E-state index contributed by atoms with van der Waals surface area (Å²) in [6.45, 7) is -0.472. The number of alkyl halides is 3. The Morgan fingerprint density at radius 1 is 0.912 bits per heavy atom. The third-order valence-corrected chi connectivity index (χ3v) is 4.45. The molecule has 0 spiro atoms. The standard InChI is InChI=1S/C12H11F3N2O3.C9H8N2O3/c1-19-11(18)9-6-16-17-7-8(2-3-10(9)17)20-5-4-12(13,14)15;1-14-9(13)7-4-10-11-5-6(12)2-3-8(7)11/h2-3,6-7H,4-5H2,1H3;2-5,12H,1H3. The molecule has 0 aromatic carbocycles. The van der Waals surface area contributed by atoms with Crippen LogP contribution in [0.3, 0.4) is 0 Å². The van der Waals surface area contributed by atoms with E-state index in [4.69, 9.17) is 9.84 Å². The molecule has 0 amide bonds. The first kappa shape index (κ1) is 24.4. The second kappa shape index (κ2) is 10.1. The maximum atomic E-state index is 12.0. The van der Waals surface area contributed by atoms with Gasteiger partial charge in [-0.05, 0) is 24.3 Å². The number of aromatic hydroxyl groups is 1. The summed E-state index contributed by atoms with van der Waals surface area (Å²) in [6.07, 6.45) is 0.257. The van der Waals surface area contributed by atoms with Crippen molar-refractivity contribution in [2.24, 2.45) is 0 Å². The number of esters is 2. The van der Waals surface area contributed by atoms with Crippen molar-refractivity contribution in [2.45, 2.75) is 12.6 Å². The Hall–Kier alpha value is -4.29. The fourth-order valence-electron chi connectivity index (χ4n) is 2.84. The highest BCUT2D eigenvalue weighted by molar-refractivity contribution is 5.97. The molecule has 0 atom stereocenters. The average Bonchev–Trinajstić information content (AvgIpc) is 3.41. The Labute approximate surface area is 190 Å². The minimum atomic E-state index is -4.26. The van der Waals surface area contributed by atoms with Crippen molar-refractivity contribution in [3.05, 3.63) is 60.2 Å². The number of carbonyl (C=O) groups excluding carboxylic acids is 2.